The normalized spacial score (nSPS) is 20.3. The minimum absolute atomic E-state index is 0.0666. The first kappa shape index (κ1) is 17.2. The minimum Gasteiger partial charge on any atom is -0.448 e. The van der Waals surface area contributed by atoms with Gasteiger partial charge in [-0.15, -0.1) is 0 Å². The summed E-state index contributed by atoms with van der Waals surface area (Å²) in [5, 5.41) is 5.94. The van der Waals surface area contributed by atoms with E-state index in [2.05, 4.69) is 15.6 Å². The molecule has 2 fully saturated rings. The van der Waals surface area contributed by atoms with Gasteiger partial charge in [-0.3, -0.25) is 19.5 Å². The summed E-state index contributed by atoms with van der Waals surface area (Å²) in [6, 6.07) is 4.87. The number of rotatable bonds is 5. The quantitative estimate of drug-likeness (QED) is 0.704. The first-order chi connectivity index (χ1) is 12.1. The molecule has 3 heterocycles. The number of piperazine rings is 1. The third-order valence-electron chi connectivity index (χ3n) is 4.21. The van der Waals surface area contributed by atoms with Crippen LogP contribution in [0.5, 0.6) is 0 Å². The maximum Gasteiger partial charge on any atom is 0.410 e. The molecule has 1 aromatic heterocycles. The third kappa shape index (κ3) is 4.24. The summed E-state index contributed by atoms with van der Waals surface area (Å²) < 4.78 is 4.83. The zero-order valence-electron chi connectivity index (χ0n) is 13.8. The van der Waals surface area contributed by atoms with Crippen LogP contribution >= 0.6 is 0 Å². The van der Waals surface area contributed by atoms with Gasteiger partial charge in [-0.25, -0.2) is 4.79 Å². The van der Waals surface area contributed by atoms with E-state index < -0.39 is 12.1 Å². The predicted octanol–water partition coefficient (Wildman–Crippen LogP) is -1.05. The van der Waals surface area contributed by atoms with Crippen molar-refractivity contribution in [1.29, 1.82) is 0 Å². The van der Waals surface area contributed by atoms with Crippen molar-refractivity contribution in [3.63, 3.8) is 0 Å². The van der Waals surface area contributed by atoms with Gasteiger partial charge in [0.15, 0.2) is 0 Å². The van der Waals surface area contributed by atoms with Gasteiger partial charge in [-0.2, -0.15) is 0 Å². The molecule has 2 aliphatic rings. The van der Waals surface area contributed by atoms with Crippen LogP contribution < -0.4 is 10.6 Å². The van der Waals surface area contributed by atoms with Gasteiger partial charge in [0.25, 0.3) is 0 Å². The molecule has 0 bridgehead atoms. The van der Waals surface area contributed by atoms with Crippen LogP contribution in [0.15, 0.2) is 24.4 Å². The average Bonchev–Trinajstić information content (AvgIpc) is 3.05. The Morgan fingerprint density at radius 3 is 2.96 bits per heavy atom. The Kier molecular flexibility index (Phi) is 5.44. The molecule has 3 amide bonds. The summed E-state index contributed by atoms with van der Waals surface area (Å²) in [4.78, 5) is 43.6. The number of aromatic nitrogens is 1. The standard InChI is InChI=1S/C16H21N5O4/c22-14(11-20-7-8-25-16(20)24)21-6-5-17-10-13(21)15(23)19-9-12-3-1-2-4-18-12/h1-4,13,17H,5-11H2,(H,19,23)/t13-/m0/s1. The van der Waals surface area contributed by atoms with Crippen molar-refractivity contribution < 1.29 is 19.1 Å². The Morgan fingerprint density at radius 1 is 1.36 bits per heavy atom. The first-order valence-electron chi connectivity index (χ1n) is 8.24. The number of cyclic esters (lactones) is 1. The first-order valence-corrected chi connectivity index (χ1v) is 8.24. The molecule has 2 N–H and O–H groups in total. The second-order valence-corrected chi connectivity index (χ2v) is 5.88. The number of hydrogen-bond acceptors (Lipinski definition) is 6. The van der Waals surface area contributed by atoms with Crippen LogP contribution in [0.3, 0.4) is 0 Å². The summed E-state index contributed by atoms with van der Waals surface area (Å²) in [6.07, 6.45) is 1.17. The third-order valence-corrected chi connectivity index (χ3v) is 4.21. The Morgan fingerprint density at radius 2 is 2.24 bits per heavy atom. The lowest BCUT2D eigenvalue weighted by atomic mass is 10.1. The SMILES string of the molecule is O=C(NCc1ccccn1)[C@@H]1CNCCN1C(=O)CN1CCOC1=O. The molecule has 0 unspecified atom stereocenters. The molecule has 1 aromatic rings. The van der Waals surface area contributed by atoms with E-state index in [1.54, 1.807) is 12.3 Å². The maximum atomic E-state index is 12.5. The number of nitrogens with one attached hydrogen (secondary N) is 2. The Bertz CT molecular complexity index is 639. The van der Waals surface area contributed by atoms with Crippen LogP contribution in [-0.2, 0) is 20.9 Å². The van der Waals surface area contributed by atoms with E-state index in [-0.39, 0.29) is 18.4 Å². The van der Waals surface area contributed by atoms with Crippen molar-refractivity contribution in [3.8, 4) is 0 Å². The lowest BCUT2D eigenvalue weighted by molar-refractivity contribution is -0.142. The van der Waals surface area contributed by atoms with E-state index in [1.807, 2.05) is 12.1 Å². The number of carbonyl (C=O) groups excluding carboxylic acids is 3. The summed E-state index contributed by atoms with van der Waals surface area (Å²) in [7, 11) is 0. The van der Waals surface area contributed by atoms with E-state index >= 15 is 0 Å². The van der Waals surface area contributed by atoms with Gasteiger partial charge in [0, 0.05) is 25.8 Å². The lowest BCUT2D eigenvalue weighted by Crippen LogP contribution is -2.60. The molecular weight excluding hydrogens is 326 g/mol. The summed E-state index contributed by atoms with van der Waals surface area (Å²) in [5.74, 6) is -0.492. The molecule has 2 saturated heterocycles. The zero-order valence-corrected chi connectivity index (χ0v) is 13.8. The number of ether oxygens (including phenoxy) is 1. The van der Waals surface area contributed by atoms with Crippen LogP contribution in [0, 0.1) is 0 Å². The van der Waals surface area contributed by atoms with Crippen molar-refractivity contribution in [2.75, 3.05) is 39.3 Å². The van der Waals surface area contributed by atoms with Crippen LogP contribution in [0.4, 0.5) is 4.79 Å². The highest BCUT2D eigenvalue weighted by molar-refractivity contribution is 5.90. The molecule has 0 spiro atoms. The van der Waals surface area contributed by atoms with E-state index in [0.717, 1.165) is 5.69 Å². The number of nitrogens with zero attached hydrogens (tertiary/aromatic N) is 3. The molecule has 1 atom stereocenters. The van der Waals surface area contributed by atoms with E-state index in [1.165, 1.54) is 9.80 Å². The molecule has 9 nitrogen and oxygen atoms in total. The average molecular weight is 347 g/mol. The van der Waals surface area contributed by atoms with Gasteiger partial charge in [0.1, 0.15) is 19.2 Å². The van der Waals surface area contributed by atoms with E-state index in [4.69, 9.17) is 4.74 Å². The summed E-state index contributed by atoms with van der Waals surface area (Å²) in [5.41, 5.74) is 0.748. The smallest absolute Gasteiger partial charge is 0.410 e. The molecule has 25 heavy (non-hydrogen) atoms. The molecule has 0 aliphatic carbocycles. The highest BCUT2D eigenvalue weighted by Crippen LogP contribution is 2.09. The monoisotopic (exact) mass is 347 g/mol. The van der Waals surface area contributed by atoms with Gasteiger partial charge < -0.3 is 20.3 Å². The van der Waals surface area contributed by atoms with Gasteiger partial charge in [0.05, 0.1) is 18.8 Å². The topological polar surface area (TPSA) is 104 Å². The number of hydrogen-bond donors (Lipinski definition) is 2. The second kappa shape index (κ2) is 7.93. The minimum atomic E-state index is -0.608. The highest BCUT2D eigenvalue weighted by Gasteiger charge is 2.34. The summed E-state index contributed by atoms with van der Waals surface area (Å²) in [6.45, 7) is 2.34. The van der Waals surface area contributed by atoms with Crippen molar-refractivity contribution in [3.05, 3.63) is 30.1 Å². The maximum absolute atomic E-state index is 12.5. The van der Waals surface area contributed by atoms with Crippen LogP contribution in [0.2, 0.25) is 0 Å². The zero-order chi connectivity index (χ0) is 17.6. The largest absolute Gasteiger partial charge is 0.448 e. The van der Waals surface area contributed by atoms with E-state index in [9.17, 15) is 14.4 Å². The molecule has 3 rings (SSSR count). The molecular formula is C16H21N5O4. The van der Waals surface area contributed by atoms with E-state index in [0.29, 0.717) is 39.3 Å². The molecule has 9 heteroatoms. The lowest BCUT2D eigenvalue weighted by Gasteiger charge is -2.35. The Labute approximate surface area is 145 Å². The fraction of sp³-hybridized carbons (Fsp3) is 0.500. The second-order valence-electron chi connectivity index (χ2n) is 5.88. The highest BCUT2D eigenvalue weighted by atomic mass is 16.6. The molecule has 0 radical (unpaired) electrons. The predicted molar refractivity (Wildman–Crippen MR) is 87.4 cm³/mol. The Hall–Kier alpha value is -2.68. The van der Waals surface area contributed by atoms with Crippen molar-refractivity contribution in [2.45, 2.75) is 12.6 Å². The van der Waals surface area contributed by atoms with Crippen LogP contribution in [0.25, 0.3) is 0 Å². The summed E-state index contributed by atoms with van der Waals surface area (Å²) >= 11 is 0. The van der Waals surface area contributed by atoms with Crippen LogP contribution in [-0.4, -0.2) is 78.1 Å². The fourth-order valence-corrected chi connectivity index (χ4v) is 2.86. The van der Waals surface area contributed by atoms with Gasteiger partial charge in [-0.1, -0.05) is 6.07 Å². The Balaban J connectivity index is 1.58. The van der Waals surface area contributed by atoms with Gasteiger partial charge >= 0.3 is 6.09 Å². The van der Waals surface area contributed by atoms with Crippen molar-refractivity contribution in [1.82, 2.24) is 25.4 Å². The number of amides is 3. The molecule has 2 aliphatic heterocycles. The fourth-order valence-electron chi connectivity index (χ4n) is 2.86. The van der Waals surface area contributed by atoms with Gasteiger partial charge in [-0.05, 0) is 12.1 Å². The van der Waals surface area contributed by atoms with Crippen molar-refractivity contribution >= 4 is 17.9 Å². The van der Waals surface area contributed by atoms with Gasteiger partial charge in [0.2, 0.25) is 11.8 Å². The molecule has 0 aromatic carbocycles. The number of pyridine rings is 1. The molecule has 134 valence electrons. The molecule has 0 saturated carbocycles. The van der Waals surface area contributed by atoms with Crippen molar-refractivity contribution in [2.24, 2.45) is 0 Å². The number of carbonyl (C=O) groups is 3. The van der Waals surface area contributed by atoms with Crippen LogP contribution in [0.1, 0.15) is 5.69 Å².